The van der Waals surface area contributed by atoms with Crippen molar-refractivity contribution in [2.24, 2.45) is 0 Å². The summed E-state index contributed by atoms with van der Waals surface area (Å²) in [6.07, 6.45) is 2.30. The van der Waals surface area contributed by atoms with Crippen molar-refractivity contribution in [1.82, 2.24) is 15.5 Å². The van der Waals surface area contributed by atoms with Crippen LogP contribution in [-0.2, 0) is 14.3 Å². The number of ether oxygens (including phenoxy) is 1. The summed E-state index contributed by atoms with van der Waals surface area (Å²) < 4.78 is 5.22. The third-order valence-electron chi connectivity index (χ3n) is 5.26. The number of carbonyl (C=O) groups excluding carboxylic acids is 3. The molecule has 4 N–H and O–H groups in total. The monoisotopic (exact) mass is 463 g/mol. The fraction of sp³-hybridized carbons (Fsp3) is 0.625. The average Bonchev–Trinajstić information content (AvgIpc) is 3.55. The summed E-state index contributed by atoms with van der Waals surface area (Å²) in [5, 5.41) is 25.2. The van der Waals surface area contributed by atoms with Gasteiger partial charge >= 0.3 is 6.09 Å². The first-order valence-electron chi connectivity index (χ1n) is 11.5. The third kappa shape index (κ3) is 7.63. The van der Waals surface area contributed by atoms with E-state index in [9.17, 15) is 24.6 Å². The molecule has 184 valence electrons. The number of phenolic OH excluding ortho intramolecular Hbond substituents is 1. The van der Waals surface area contributed by atoms with Crippen molar-refractivity contribution in [1.29, 1.82) is 0 Å². The predicted octanol–water partition coefficient (Wildman–Crippen LogP) is 2.53. The van der Waals surface area contributed by atoms with Gasteiger partial charge in [-0.2, -0.15) is 0 Å². The van der Waals surface area contributed by atoms with Crippen LogP contribution in [0.25, 0.3) is 0 Å². The van der Waals surface area contributed by atoms with Crippen molar-refractivity contribution >= 4 is 17.9 Å². The number of unbranched alkanes of at least 4 members (excludes halogenated alkanes) is 1. The normalized spacial score (nSPS) is 15.3. The number of phenols is 1. The van der Waals surface area contributed by atoms with Gasteiger partial charge in [0.05, 0.1) is 6.61 Å². The van der Waals surface area contributed by atoms with Crippen LogP contribution < -0.4 is 10.6 Å². The second-order valence-corrected chi connectivity index (χ2v) is 9.45. The molecule has 0 spiro atoms. The van der Waals surface area contributed by atoms with E-state index in [1.165, 1.54) is 11.0 Å². The minimum atomic E-state index is -1.26. The molecule has 0 radical (unpaired) electrons. The fourth-order valence-electron chi connectivity index (χ4n) is 3.46. The van der Waals surface area contributed by atoms with E-state index in [2.05, 4.69) is 10.6 Å². The number of aliphatic hydroxyl groups is 1. The molecule has 2 rings (SSSR count). The zero-order chi connectivity index (χ0) is 24.8. The number of rotatable bonds is 10. The van der Waals surface area contributed by atoms with E-state index in [1.807, 2.05) is 6.92 Å². The molecule has 0 heterocycles. The molecule has 0 bridgehead atoms. The highest BCUT2D eigenvalue weighted by molar-refractivity contribution is 5.92. The summed E-state index contributed by atoms with van der Waals surface area (Å²) in [7, 11) is 0. The number of amides is 3. The number of aromatic hydroxyl groups is 1. The predicted molar refractivity (Wildman–Crippen MR) is 124 cm³/mol. The summed E-state index contributed by atoms with van der Waals surface area (Å²) in [4.78, 5) is 40.5. The Hall–Kier alpha value is -2.81. The van der Waals surface area contributed by atoms with Crippen molar-refractivity contribution < 1.29 is 29.3 Å². The summed E-state index contributed by atoms with van der Waals surface area (Å²) in [5.41, 5.74) is 0.357. The number of carbonyl (C=O) groups is 3. The van der Waals surface area contributed by atoms with E-state index in [0.29, 0.717) is 30.5 Å². The molecule has 2 atom stereocenters. The molecule has 0 saturated heterocycles. The zero-order valence-electron chi connectivity index (χ0n) is 20.2. The van der Waals surface area contributed by atoms with Gasteiger partial charge in [0.15, 0.2) is 0 Å². The van der Waals surface area contributed by atoms with Crippen molar-refractivity contribution in [3.63, 3.8) is 0 Å². The Bertz CT molecular complexity index is 847. The number of aryl methyl sites for hydroxylation is 1. The van der Waals surface area contributed by atoms with Crippen LogP contribution in [0.5, 0.6) is 5.75 Å². The van der Waals surface area contributed by atoms with Crippen LogP contribution >= 0.6 is 0 Å². The summed E-state index contributed by atoms with van der Waals surface area (Å²) in [5.74, 6) is -0.817. The SMILES string of the molecule is CCCCNC(=O)C(c1ccc(O)c(C)c1)N(C(=O)C(CO)NC(=O)OC(C)(C)C)C1CC1. The van der Waals surface area contributed by atoms with E-state index in [1.54, 1.807) is 39.8 Å². The van der Waals surface area contributed by atoms with Crippen LogP contribution in [0.2, 0.25) is 0 Å². The van der Waals surface area contributed by atoms with Crippen molar-refractivity contribution in [3.8, 4) is 5.75 Å². The Morgan fingerprint density at radius 3 is 2.42 bits per heavy atom. The van der Waals surface area contributed by atoms with E-state index in [0.717, 1.165) is 12.8 Å². The lowest BCUT2D eigenvalue weighted by atomic mass is 10.00. The van der Waals surface area contributed by atoms with Crippen LogP contribution in [0.4, 0.5) is 4.79 Å². The Balaban J connectivity index is 2.37. The highest BCUT2D eigenvalue weighted by atomic mass is 16.6. The van der Waals surface area contributed by atoms with Crippen molar-refractivity contribution in [3.05, 3.63) is 29.3 Å². The van der Waals surface area contributed by atoms with Gasteiger partial charge in [-0.05, 0) is 70.2 Å². The topological polar surface area (TPSA) is 128 Å². The highest BCUT2D eigenvalue weighted by Gasteiger charge is 2.44. The second kappa shape index (κ2) is 11.4. The van der Waals surface area contributed by atoms with Gasteiger partial charge in [-0.3, -0.25) is 9.59 Å². The average molecular weight is 464 g/mol. The zero-order valence-corrected chi connectivity index (χ0v) is 20.2. The molecule has 9 nitrogen and oxygen atoms in total. The summed E-state index contributed by atoms with van der Waals surface area (Å²) >= 11 is 0. The second-order valence-electron chi connectivity index (χ2n) is 9.45. The standard InChI is InChI=1S/C24H37N3O6/c1-6-7-12-25-21(30)20(16-8-11-19(29)15(2)13-16)27(17-9-10-17)22(31)18(14-28)26-23(32)33-24(3,4)5/h8,11,13,17-18,20,28-29H,6-7,9-10,12,14H2,1-5H3,(H,25,30)(H,26,32). The van der Waals surface area contributed by atoms with E-state index >= 15 is 0 Å². The molecule has 1 fully saturated rings. The van der Waals surface area contributed by atoms with Gasteiger partial charge < -0.3 is 30.5 Å². The van der Waals surface area contributed by atoms with Crippen molar-refractivity contribution in [2.75, 3.05) is 13.2 Å². The van der Waals surface area contributed by atoms with Crippen LogP contribution in [-0.4, -0.2) is 63.9 Å². The number of aliphatic hydroxyl groups excluding tert-OH is 1. The molecule has 3 amide bonds. The van der Waals surface area contributed by atoms with Gasteiger partial charge in [0, 0.05) is 12.6 Å². The van der Waals surface area contributed by atoms with E-state index in [-0.39, 0.29) is 17.7 Å². The van der Waals surface area contributed by atoms with Crippen LogP contribution in [0.3, 0.4) is 0 Å². The maximum atomic E-state index is 13.5. The number of alkyl carbamates (subject to hydrolysis) is 1. The van der Waals surface area contributed by atoms with Crippen LogP contribution in [0.1, 0.15) is 70.5 Å². The Morgan fingerprint density at radius 1 is 1.24 bits per heavy atom. The first kappa shape index (κ1) is 26.4. The lowest BCUT2D eigenvalue weighted by molar-refractivity contribution is -0.144. The Kier molecular flexibility index (Phi) is 9.10. The van der Waals surface area contributed by atoms with Crippen LogP contribution in [0, 0.1) is 6.92 Å². The third-order valence-corrected chi connectivity index (χ3v) is 5.26. The molecule has 2 unspecified atom stereocenters. The molecule has 1 aromatic carbocycles. The quantitative estimate of drug-likeness (QED) is 0.395. The van der Waals surface area contributed by atoms with Crippen LogP contribution in [0.15, 0.2) is 18.2 Å². The summed E-state index contributed by atoms with van der Waals surface area (Å²) in [6, 6.07) is 2.37. The van der Waals surface area contributed by atoms with Gasteiger partial charge in [0.2, 0.25) is 11.8 Å². The number of benzene rings is 1. The molecule has 33 heavy (non-hydrogen) atoms. The smallest absolute Gasteiger partial charge is 0.408 e. The molecule has 0 aromatic heterocycles. The number of nitrogens with zero attached hydrogens (tertiary/aromatic N) is 1. The lowest BCUT2D eigenvalue weighted by Gasteiger charge is -2.34. The number of hydrogen-bond acceptors (Lipinski definition) is 6. The van der Waals surface area contributed by atoms with Gasteiger partial charge in [0.1, 0.15) is 23.4 Å². The molecule has 1 saturated carbocycles. The molecule has 1 aliphatic carbocycles. The molecular weight excluding hydrogens is 426 g/mol. The molecule has 1 aromatic rings. The van der Waals surface area contributed by atoms with E-state index in [4.69, 9.17) is 4.74 Å². The fourth-order valence-corrected chi connectivity index (χ4v) is 3.46. The minimum Gasteiger partial charge on any atom is -0.508 e. The highest BCUT2D eigenvalue weighted by Crippen LogP contribution is 2.36. The molecular formula is C24H37N3O6. The van der Waals surface area contributed by atoms with E-state index < -0.39 is 36.3 Å². The van der Waals surface area contributed by atoms with Gasteiger partial charge in [-0.1, -0.05) is 19.4 Å². The summed E-state index contributed by atoms with van der Waals surface area (Å²) in [6.45, 7) is 8.65. The maximum absolute atomic E-state index is 13.5. The van der Waals surface area contributed by atoms with Gasteiger partial charge in [-0.15, -0.1) is 0 Å². The number of nitrogens with one attached hydrogen (secondary N) is 2. The minimum absolute atomic E-state index is 0.0908. The van der Waals surface area contributed by atoms with Crippen molar-refractivity contribution in [2.45, 2.75) is 84.0 Å². The van der Waals surface area contributed by atoms with Gasteiger partial charge in [-0.25, -0.2) is 4.79 Å². The first-order chi connectivity index (χ1) is 15.5. The van der Waals surface area contributed by atoms with Gasteiger partial charge in [0.25, 0.3) is 0 Å². The Morgan fingerprint density at radius 2 is 1.91 bits per heavy atom. The molecule has 1 aliphatic rings. The molecule has 0 aliphatic heterocycles. The lowest BCUT2D eigenvalue weighted by Crippen LogP contribution is -2.55. The Labute approximate surface area is 195 Å². The maximum Gasteiger partial charge on any atom is 0.408 e. The molecule has 9 heteroatoms. The largest absolute Gasteiger partial charge is 0.508 e. The first-order valence-corrected chi connectivity index (χ1v) is 11.5. The number of hydrogen-bond donors (Lipinski definition) is 4.